The number of anilines is 1. The Kier molecular flexibility index (Phi) is 5.55. The van der Waals surface area contributed by atoms with E-state index in [2.05, 4.69) is 22.0 Å². The third-order valence-electron chi connectivity index (χ3n) is 5.64. The van der Waals surface area contributed by atoms with Crippen molar-refractivity contribution in [2.24, 2.45) is 5.92 Å². The first-order chi connectivity index (χ1) is 13.7. The average molecular weight is 378 g/mol. The first kappa shape index (κ1) is 18.5. The largest absolute Gasteiger partial charge is 0.353 e. The number of rotatable bonds is 5. The number of benzene rings is 1. The van der Waals surface area contributed by atoms with Gasteiger partial charge in [0.05, 0.1) is 5.92 Å². The lowest BCUT2D eigenvalue weighted by molar-refractivity contribution is -0.136. The number of hydrogen-bond acceptors (Lipinski definition) is 4. The minimum Gasteiger partial charge on any atom is -0.353 e. The van der Waals surface area contributed by atoms with Crippen molar-refractivity contribution in [2.45, 2.75) is 12.8 Å². The molecule has 0 N–H and O–H groups in total. The fourth-order valence-electron chi connectivity index (χ4n) is 4.02. The van der Waals surface area contributed by atoms with Crippen molar-refractivity contribution in [3.05, 3.63) is 60.3 Å². The van der Waals surface area contributed by atoms with Gasteiger partial charge < -0.3 is 14.7 Å². The molecule has 3 heterocycles. The third-order valence-corrected chi connectivity index (χ3v) is 5.64. The predicted molar refractivity (Wildman–Crippen MR) is 108 cm³/mol. The van der Waals surface area contributed by atoms with E-state index in [-0.39, 0.29) is 17.7 Å². The molecule has 1 aromatic carbocycles. The molecule has 4 rings (SSSR count). The van der Waals surface area contributed by atoms with Gasteiger partial charge in [-0.2, -0.15) is 0 Å². The smallest absolute Gasteiger partial charge is 0.228 e. The van der Waals surface area contributed by atoms with Crippen LogP contribution in [0, 0.1) is 5.92 Å². The minimum absolute atomic E-state index is 0.0985. The van der Waals surface area contributed by atoms with E-state index in [0.29, 0.717) is 32.6 Å². The molecule has 1 atom stereocenters. The number of likely N-dealkylation sites (tertiary alicyclic amines) is 1. The molecular formula is C22H26N4O2. The number of amides is 2. The second-order valence-electron chi connectivity index (χ2n) is 7.48. The van der Waals surface area contributed by atoms with Gasteiger partial charge in [0.2, 0.25) is 11.8 Å². The molecule has 0 bridgehead atoms. The highest BCUT2D eigenvalue weighted by Gasteiger charge is 2.37. The molecule has 2 amide bonds. The van der Waals surface area contributed by atoms with E-state index in [9.17, 15) is 9.59 Å². The molecular weight excluding hydrogens is 352 g/mol. The number of piperazine rings is 1. The van der Waals surface area contributed by atoms with Gasteiger partial charge in [0.1, 0.15) is 5.82 Å². The van der Waals surface area contributed by atoms with Gasteiger partial charge in [-0.25, -0.2) is 4.98 Å². The molecule has 2 saturated heterocycles. The molecule has 6 nitrogen and oxygen atoms in total. The van der Waals surface area contributed by atoms with Crippen LogP contribution < -0.4 is 4.90 Å². The molecule has 2 fully saturated rings. The Balaban J connectivity index is 1.28. The zero-order chi connectivity index (χ0) is 19.3. The van der Waals surface area contributed by atoms with Gasteiger partial charge in [-0.3, -0.25) is 9.59 Å². The molecule has 0 saturated carbocycles. The fourth-order valence-corrected chi connectivity index (χ4v) is 4.02. The normalized spacial score (nSPS) is 19.9. The Morgan fingerprint density at radius 2 is 1.75 bits per heavy atom. The Labute approximate surface area is 165 Å². The van der Waals surface area contributed by atoms with Gasteiger partial charge >= 0.3 is 0 Å². The van der Waals surface area contributed by atoms with Gasteiger partial charge in [-0.05, 0) is 24.1 Å². The first-order valence-electron chi connectivity index (χ1n) is 9.97. The molecule has 0 radical (unpaired) electrons. The highest BCUT2D eigenvalue weighted by atomic mass is 16.2. The van der Waals surface area contributed by atoms with Gasteiger partial charge in [0.15, 0.2) is 0 Å². The minimum atomic E-state index is -0.204. The van der Waals surface area contributed by atoms with Crippen molar-refractivity contribution >= 4 is 17.6 Å². The maximum atomic E-state index is 12.9. The van der Waals surface area contributed by atoms with Crippen LogP contribution in [-0.4, -0.2) is 65.9 Å². The van der Waals surface area contributed by atoms with Crippen molar-refractivity contribution in [3.8, 4) is 0 Å². The molecule has 0 spiro atoms. The lowest BCUT2D eigenvalue weighted by Crippen LogP contribution is -2.51. The fraction of sp³-hybridized carbons (Fsp3) is 0.409. The summed E-state index contributed by atoms with van der Waals surface area (Å²) in [5, 5.41) is 0. The van der Waals surface area contributed by atoms with E-state index in [1.165, 1.54) is 5.56 Å². The Morgan fingerprint density at radius 3 is 2.46 bits per heavy atom. The molecule has 0 unspecified atom stereocenters. The van der Waals surface area contributed by atoms with Crippen LogP contribution in [0.25, 0.3) is 0 Å². The molecule has 0 aliphatic carbocycles. The van der Waals surface area contributed by atoms with Crippen molar-refractivity contribution in [1.29, 1.82) is 0 Å². The summed E-state index contributed by atoms with van der Waals surface area (Å²) in [7, 11) is 0. The lowest BCUT2D eigenvalue weighted by atomic mass is 10.1. The first-order valence-corrected chi connectivity index (χ1v) is 9.97. The van der Waals surface area contributed by atoms with E-state index in [1.807, 2.05) is 46.2 Å². The third kappa shape index (κ3) is 4.16. The van der Waals surface area contributed by atoms with Crippen LogP contribution in [0.3, 0.4) is 0 Å². The number of carbonyl (C=O) groups excluding carboxylic acids is 2. The lowest BCUT2D eigenvalue weighted by Gasteiger charge is -2.36. The van der Waals surface area contributed by atoms with Crippen LogP contribution in [0.4, 0.5) is 5.82 Å². The molecule has 2 aromatic rings. The van der Waals surface area contributed by atoms with Crippen molar-refractivity contribution < 1.29 is 9.59 Å². The maximum absolute atomic E-state index is 12.9. The monoisotopic (exact) mass is 378 g/mol. The van der Waals surface area contributed by atoms with E-state index in [4.69, 9.17) is 0 Å². The number of carbonyl (C=O) groups is 2. The van der Waals surface area contributed by atoms with Crippen molar-refractivity contribution in [2.75, 3.05) is 44.2 Å². The summed E-state index contributed by atoms with van der Waals surface area (Å²) >= 11 is 0. The highest BCUT2D eigenvalue weighted by molar-refractivity contribution is 5.89. The zero-order valence-electron chi connectivity index (χ0n) is 16.0. The molecule has 1 aromatic heterocycles. The van der Waals surface area contributed by atoms with E-state index in [1.54, 1.807) is 6.20 Å². The van der Waals surface area contributed by atoms with Gasteiger partial charge in [-0.1, -0.05) is 36.4 Å². The highest BCUT2D eigenvalue weighted by Crippen LogP contribution is 2.22. The topological polar surface area (TPSA) is 56.8 Å². The predicted octanol–water partition coefficient (Wildman–Crippen LogP) is 1.82. The molecule has 2 aliphatic rings. The van der Waals surface area contributed by atoms with Gasteiger partial charge in [0.25, 0.3) is 0 Å². The van der Waals surface area contributed by atoms with Crippen LogP contribution in [0.2, 0.25) is 0 Å². The van der Waals surface area contributed by atoms with Crippen LogP contribution in [0.15, 0.2) is 54.7 Å². The zero-order valence-corrected chi connectivity index (χ0v) is 16.0. The molecule has 6 heteroatoms. The molecule has 28 heavy (non-hydrogen) atoms. The van der Waals surface area contributed by atoms with E-state index >= 15 is 0 Å². The van der Waals surface area contributed by atoms with Gasteiger partial charge in [0, 0.05) is 51.9 Å². The SMILES string of the molecule is O=C1C[C@@H](C(=O)N2CCN(c3ccccn3)CC2)CN1CCc1ccccc1. The average Bonchev–Trinajstić information content (AvgIpc) is 3.14. The summed E-state index contributed by atoms with van der Waals surface area (Å²) in [6, 6.07) is 16.0. The summed E-state index contributed by atoms with van der Waals surface area (Å²) in [4.78, 5) is 35.6. The van der Waals surface area contributed by atoms with E-state index < -0.39 is 0 Å². The van der Waals surface area contributed by atoms with Crippen molar-refractivity contribution in [1.82, 2.24) is 14.8 Å². The summed E-state index contributed by atoms with van der Waals surface area (Å²) in [5.41, 5.74) is 1.22. The number of hydrogen-bond donors (Lipinski definition) is 0. The van der Waals surface area contributed by atoms with Crippen LogP contribution in [0.5, 0.6) is 0 Å². The second kappa shape index (κ2) is 8.42. The van der Waals surface area contributed by atoms with Crippen molar-refractivity contribution in [3.63, 3.8) is 0 Å². The quantitative estimate of drug-likeness (QED) is 0.796. The maximum Gasteiger partial charge on any atom is 0.228 e. The summed E-state index contributed by atoms with van der Waals surface area (Å²) in [5.74, 6) is 0.972. The number of aromatic nitrogens is 1. The second-order valence-corrected chi connectivity index (χ2v) is 7.48. The number of nitrogens with zero attached hydrogens (tertiary/aromatic N) is 4. The number of pyridine rings is 1. The summed E-state index contributed by atoms with van der Waals surface area (Å²) < 4.78 is 0. The van der Waals surface area contributed by atoms with Crippen LogP contribution in [-0.2, 0) is 16.0 Å². The summed E-state index contributed by atoms with van der Waals surface area (Å²) in [6.07, 6.45) is 2.96. The van der Waals surface area contributed by atoms with Gasteiger partial charge in [-0.15, -0.1) is 0 Å². The van der Waals surface area contributed by atoms with E-state index in [0.717, 1.165) is 25.3 Å². The molecule has 146 valence electrons. The van der Waals surface area contributed by atoms with Crippen LogP contribution >= 0.6 is 0 Å². The Hall–Kier alpha value is -2.89. The Bertz CT molecular complexity index is 804. The Morgan fingerprint density at radius 1 is 1.00 bits per heavy atom. The molecule has 2 aliphatic heterocycles. The van der Waals surface area contributed by atoms with Crippen LogP contribution in [0.1, 0.15) is 12.0 Å². The summed E-state index contributed by atoms with van der Waals surface area (Å²) in [6.45, 7) is 4.15. The standard InChI is InChI=1S/C22H26N4O2/c27-21-16-19(17-26(21)11-9-18-6-2-1-3-7-18)22(28)25-14-12-24(13-15-25)20-8-4-5-10-23-20/h1-8,10,19H,9,11-17H2/t19-/m1/s1.